The summed E-state index contributed by atoms with van der Waals surface area (Å²) < 4.78 is 1.05. The van der Waals surface area contributed by atoms with Crippen molar-refractivity contribution in [2.45, 2.75) is 18.9 Å². The third-order valence-corrected chi connectivity index (χ3v) is 4.81. The smallest absolute Gasteiger partial charge is 0.244 e. The SMILES string of the molecule is O=C(C=Cc1ccc(Br)cc1)N[C@H]1CN2CCC1CC2. The third kappa shape index (κ3) is 3.30. The monoisotopic (exact) mass is 334 g/mol. The molecule has 0 aromatic heterocycles. The first-order valence-corrected chi connectivity index (χ1v) is 7.96. The highest BCUT2D eigenvalue weighted by atomic mass is 79.9. The lowest BCUT2D eigenvalue weighted by Crippen LogP contribution is -2.57. The van der Waals surface area contributed by atoms with Crippen LogP contribution in [-0.2, 0) is 4.79 Å². The van der Waals surface area contributed by atoms with Crippen molar-refractivity contribution in [2.75, 3.05) is 19.6 Å². The summed E-state index contributed by atoms with van der Waals surface area (Å²) in [5, 5.41) is 3.16. The molecule has 0 radical (unpaired) electrons. The summed E-state index contributed by atoms with van der Waals surface area (Å²) in [4.78, 5) is 14.4. The Kier molecular flexibility index (Phi) is 4.22. The molecular formula is C16H19BrN2O. The first-order chi connectivity index (χ1) is 9.70. The molecule has 3 fully saturated rings. The van der Waals surface area contributed by atoms with E-state index in [0.29, 0.717) is 12.0 Å². The van der Waals surface area contributed by atoms with Crippen LogP contribution in [0.4, 0.5) is 0 Å². The Hall–Kier alpha value is -1.13. The quantitative estimate of drug-likeness (QED) is 0.862. The summed E-state index contributed by atoms with van der Waals surface area (Å²) in [6.07, 6.45) is 5.95. The Labute approximate surface area is 128 Å². The minimum atomic E-state index is 0.0201. The van der Waals surface area contributed by atoms with Crippen molar-refractivity contribution in [2.24, 2.45) is 5.92 Å². The van der Waals surface area contributed by atoms with E-state index in [-0.39, 0.29) is 5.91 Å². The topological polar surface area (TPSA) is 32.3 Å². The number of hydrogen-bond donors (Lipinski definition) is 1. The van der Waals surface area contributed by atoms with Gasteiger partial charge in [-0.15, -0.1) is 0 Å². The number of carbonyl (C=O) groups is 1. The van der Waals surface area contributed by atoms with E-state index in [1.165, 1.54) is 25.9 Å². The zero-order valence-corrected chi connectivity index (χ0v) is 13.0. The molecular weight excluding hydrogens is 316 g/mol. The molecule has 4 rings (SSSR count). The van der Waals surface area contributed by atoms with E-state index in [9.17, 15) is 4.79 Å². The fourth-order valence-electron chi connectivity index (χ4n) is 3.11. The summed E-state index contributed by atoms with van der Waals surface area (Å²) in [6.45, 7) is 3.42. The van der Waals surface area contributed by atoms with E-state index in [1.54, 1.807) is 6.08 Å². The molecule has 1 aromatic carbocycles. The molecule has 3 nitrogen and oxygen atoms in total. The van der Waals surface area contributed by atoms with E-state index in [2.05, 4.69) is 26.1 Å². The van der Waals surface area contributed by atoms with Gasteiger partial charge in [0.15, 0.2) is 0 Å². The fraction of sp³-hybridized carbons (Fsp3) is 0.438. The van der Waals surface area contributed by atoms with Crippen molar-refractivity contribution < 1.29 is 4.79 Å². The molecule has 3 heterocycles. The molecule has 0 spiro atoms. The Balaban J connectivity index is 1.55. The second-order valence-electron chi connectivity index (χ2n) is 5.64. The molecule has 0 unspecified atom stereocenters. The number of rotatable bonds is 3. The minimum Gasteiger partial charge on any atom is -0.348 e. The van der Waals surface area contributed by atoms with Crippen LogP contribution in [0, 0.1) is 5.92 Å². The Bertz CT molecular complexity index is 504. The van der Waals surface area contributed by atoms with Gasteiger partial charge in [-0.3, -0.25) is 4.79 Å². The Morgan fingerprint density at radius 1 is 1.25 bits per heavy atom. The fourth-order valence-corrected chi connectivity index (χ4v) is 3.37. The van der Waals surface area contributed by atoms with E-state index >= 15 is 0 Å². The van der Waals surface area contributed by atoms with Crippen LogP contribution < -0.4 is 5.32 Å². The van der Waals surface area contributed by atoms with Gasteiger partial charge in [-0.2, -0.15) is 0 Å². The minimum absolute atomic E-state index is 0.0201. The zero-order chi connectivity index (χ0) is 13.9. The van der Waals surface area contributed by atoms with Gasteiger partial charge in [0.25, 0.3) is 0 Å². The van der Waals surface area contributed by atoms with E-state index in [4.69, 9.17) is 0 Å². The summed E-state index contributed by atoms with van der Waals surface area (Å²) in [5.41, 5.74) is 1.04. The number of fused-ring (bicyclic) bond motifs is 3. The van der Waals surface area contributed by atoms with Gasteiger partial charge in [0, 0.05) is 23.1 Å². The lowest BCUT2D eigenvalue weighted by Gasteiger charge is -2.44. The molecule has 1 aromatic rings. The van der Waals surface area contributed by atoms with Crippen LogP contribution in [0.3, 0.4) is 0 Å². The molecule has 1 N–H and O–H groups in total. The zero-order valence-electron chi connectivity index (χ0n) is 11.4. The number of benzene rings is 1. The van der Waals surface area contributed by atoms with Gasteiger partial charge in [-0.25, -0.2) is 0 Å². The van der Waals surface area contributed by atoms with E-state index in [0.717, 1.165) is 16.6 Å². The van der Waals surface area contributed by atoms with Crippen LogP contribution in [-0.4, -0.2) is 36.5 Å². The average Bonchev–Trinajstić information content (AvgIpc) is 2.48. The highest BCUT2D eigenvalue weighted by Gasteiger charge is 2.34. The molecule has 1 amide bonds. The highest BCUT2D eigenvalue weighted by Crippen LogP contribution is 2.27. The molecule has 0 aliphatic carbocycles. The van der Waals surface area contributed by atoms with Crippen LogP contribution >= 0.6 is 15.9 Å². The molecule has 3 aliphatic rings. The van der Waals surface area contributed by atoms with Gasteiger partial charge >= 0.3 is 0 Å². The van der Waals surface area contributed by atoms with Crippen molar-refractivity contribution in [3.05, 3.63) is 40.4 Å². The number of amides is 1. The molecule has 106 valence electrons. The molecule has 3 aliphatic heterocycles. The summed E-state index contributed by atoms with van der Waals surface area (Å²) >= 11 is 3.40. The van der Waals surface area contributed by atoms with Gasteiger partial charge in [-0.05, 0) is 55.6 Å². The van der Waals surface area contributed by atoms with Gasteiger partial charge in [0.05, 0.1) is 0 Å². The van der Waals surface area contributed by atoms with Crippen molar-refractivity contribution in [1.82, 2.24) is 10.2 Å². The maximum atomic E-state index is 12.0. The predicted octanol–water partition coefficient (Wildman–Crippen LogP) is 2.67. The average molecular weight is 335 g/mol. The van der Waals surface area contributed by atoms with Crippen LogP contribution in [0.25, 0.3) is 6.08 Å². The maximum absolute atomic E-state index is 12.0. The van der Waals surface area contributed by atoms with Crippen LogP contribution in [0.1, 0.15) is 18.4 Å². The van der Waals surface area contributed by atoms with Crippen LogP contribution in [0.15, 0.2) is 34.8 Å². The number of halogens is 1. The first-order valence-electron chi connectivity index (χ1n) is 7.17. The second-order valence-corrected chi connectivity index (χ2v) is 6.55. The molecule has 1 atom stereocenters. The Morgan fingerprint density at radius 2 is 1.95 bits per heavy atom. The lowest BCUT2D eigenvalue weighted by molar-refractivity contribution is -0.118. The molecule has 2 bridgehead atoms. The normalized spacial score (nSPS) is 28.8. The number of carbonyl (C=O) groups excluding carboxylic acids is 1. The Morgan fingerprint density at radius 3 is 2.55 bits per heavy atom. The summed E-state index contributed by atoms with van der Waals surface area (Å²) in [5.74, 6) is 0.691. The van der Waals surface area contributed by atoms with Crippen molar-refractivity contribution in [1.29, 1.82) is 0 Å². The van der Waals surface area contributed by atoms with Crippen LogP contribution in [0.5, 0.6) is 0 Å². The number of nitrogens with zero attached hydrogens (tertiary/aromatic N) is 1. The van der Waals surface area contributed by atoms with E-state index < -0.39 is 0 Å². The molecule has 4 heteroatoms. The molecule has 20 heavy (non-hydrogen) atoms. The van der Waals surface area contributed by atoms with Crippen molar-refractivity contribution >= 4 is 27.9 Å². The van der Waals surface area contributed by atoms with E-state index in [1.807, 2.05) is 30.3 Å². The van der Waals surface area contributed by atoms with Gasteiger partial charge in [-0.1, -0.05) is 28.1 Å². The molecule has 0 saturated carbocycles. The largest absolute Gasteiger partial charge is 0.348 e. The first kappa shape index (κ1) is 13.8. The van der Waals surface area contributed by atoms with Crippen molar-refractivity contribution in [3.63, 3.8) is 0 Å². The second kappa shape index (κ2) is 6.10. The number of piperidine rings is 3. The predicted molar refractivity (Wildman–Crippen MR) is 84.3 cm³/mol. The standard InChI is InChI=1S/C16H19BrN2O/c17-14-4-1-12(2-5-14)3-6-16(20)18-15-11-19-9-7-13(15)8-10-19/h1-6,13,15H,7-11H2,(H,18,20)/t15-/m0/s1. The highest BCUT2D eigenvalue weighted by molar-refractivity contribution is 9.10. The molecule has 3 saturated heterocycles. The third-order valence-electron chi connectivity index (χ3n) is 4.28. The maximum Gasteiger partial charge on any atom is 0.244 e. The van der Waals surface area contributed by atoms with Gasteiger partial charge in [0.2, 0.25) is 5.91 Å². The van der Waals surface area contributed by atoms with Gasteiger partial charge in [0.1, 0.15) is 0 Å². The summed E-state index contributed by atoms with van der Waals surface area (Å²) in [6, 6.07) is 8.26. The van der Waals surface area contributed by atoms with Crippen molar-refractivity contribution in [3.8, 4) is 0 Å². The number of hydrogen-bond acceptors (Lipinski definition) is 2. The number of nitrogens with one attached hydrogen (secondary N) is 1. The lowest BCUT2D eigenvalue weighted by atomic mass is 9.84. The van der Waals surface area contributed by atoms with Crippen LogP contribution in [0.2, 0.25) is 0 Å². The van der Waals surface area contributed by atoms with Gasteiger partial charge < -0.3 is 10.2 Å². The summed E-state index contributed by atoms with van der Waals surface area (Å²) in [7, 11) is 0.